The molecular weight excluding hydrogens is 213 g/mol. The van der Waals surface area contributed by atoms with Crippen molar-refractivity contribution < 1.29 is 14.2 Å². The van der Waals surface area contributed by atoms with E-state index in [1.165, 1.54) is 6.33 Å². The lowest BCUT2D eigenvalue weighted by molar-refractivity contribution is 0.0921. The van der Waals surface area contributed by atoms with E-state index in [-0.39, 0.29) is 12.4 Å². The number of hydrogen-bond donors (Lipinski definition) is 2. The molecule has 0 atom stereocenters. The van der Waals surface area contributed by atoms with Crippen molar-refractivity contribution in [2.24, 2.45) is 0 Å². The summed E-state index contributed by atoms with van der Waals surface area (Å²) < 4.78 is 18.4. The summed E-state index contributed by atoms with van der Waals surface area (Å²) in [6.45, 7) is 3.04. The van der Waals surface area contributed by atoms with Crippen LogP contribution in [0.25, 0.3) is 0 Å². The number of nitrogens with zero attached hydrogens (tertiary/aromatic N) is 2. The first kappa shape index (κ1) is 12.8. The van der Waals surface area contributed by atoms with Crippen LogP contribution in [0.3, 0.4) is 0 Å². The fourth-order valence-electron chi connectivity index (χ4n) is 1.13. The van der Waals surface area contributed by atoms with Gasteiger partial charge in [-0.05, 0) is 13.3 Å². The molecule has 0 saturated heterocycles. The molecule has 1 aromatic heterocycles. The monoisotopic (exact) mass is 229 g/mol. The van der Waals surface area contributed by atoms with E-state index in [2.05, 4.69) is 15.3 Å². The minimum Gasteiger partial charge on any atom is -0.394 e. The first-order valence-electron chi connectivity index (χ1n) is 5.15. The van der Waals surface area contributed by atoms with E-state index in [9.17, 15) is 4.39 Å². The predicted molar refractivity (Wildman–Crippen MR) is 57.7 cm³/mol. The Kier molecular flexibility index (Phi) is 5.66. The van der Waals surface area contributed by atoms with E-state index in [1.54, 1.807) is 6.92 Å². The molecule has 1 rings (SSSR count). The average Bonchev–Trinajstić information content (AvgIpc) is 2.29. The first-order chi connectivity index (χ1) is 7.75. The molecule has 0 bridgehead atoms. The van der Waals surface area contributed by atoms with Gasteiger partial charge in [-0.1, -0.05) is 0 Å². The summed E-state index contributed by atoms with van der Waals surface area (Å²) >= 11 is 0. The summed E-state index contributed by atoms with van der Waals surface area (Å²) in [6.07, 6.45) is 2.05. The van der Waals surface area contributed by atoms with Crippen LogP contribution >= 0.6 is 0 Å². The smallest absolute Gasteiger partial charge is 0.186 e. The standard InChI is InChI=1S/C10H16FN3O2/c1-8-9(11)10(14-7-13-8)12-3-2-5-16-6-4-15/h7,15H,2-6H2,1H3,(H,12,13,14). The number of aliphatic hydroxyl groups is 1. The zero-order valence-electron chi connectivity index (χ0n) is 9.24. The highest BCUT2D eigenvalue weighted by molar-refractivity contribution is 5.36. The summed E-state index contributed by atoms with van der Waals surface area (Å²) in [4.78, 5) is 7.52. The second-order valence-electron chi connectivity index (χ2n) is 3.24. The van der Waals surface area contributed by atoms with Crippen LogP contribution in [0.2, 0.25) is 0 Å². The van der Waals surface area contributed by atoms with Crippen LogP contribution in [-0.2, 0) is 4.74 Å². The van der Waals surface area contributed by atoms with E-state index in [0.717, 1.165) is 6.42 Å². The summed E-state index contributed by atoms with van der Waals surface area (Å²) in [5.41, 5.74) is 0.328. The summed E-state index contributed by atoms with van der Waals surface area (Å²) in [7, 11) is 0. The van der Waals surface area contributed by atoms with Crippen LogP contribution < -0.4 is 5.32 Å². The number of aliphatic hydroxyl groups excluding tert-OH is 1. The van der Waals surface area contributed by atoms with E-state index in [4.69, 9.17) is 9.84 Å². The molecule has 0 spiro atoms. The third-order valence-corrected chi connectivity index (χ3v) is 1.96. The number of hydrogen-bond acceptors (Lipinski definition) is 5. The molecule has 90 valence electrons. The van der Waals surface area contributed by atoms with Crippen LogP contribution in [0.15, 0.2) is 6.33 Å². The molecule has 16 heavy (non-hydrogen) atoms. The Hall–Kier alpha value is -1.27. The Labute approximate surface area is 93.7 Å². The number of aryl methyl sites for hydroxylation is 1. The van der Waals surface area contributed by atoms with Crippen molar-refractivity contribution in [1.29, 1.82) is 0 Å². The quantitative estimate of drug-likeness (QED) is 0.675. The molecule has 5 nitrogen and oxygen atoms in total. The van der Waals surface area contributed by atoms with Gasteiger partial charge in [0.1, 0.15) is 6.33 Å². The van der Waals surface area contributed by atoms with E-state index in [0.29, 0.717) is 25.5 Å². The number of rotatable bonds is 7. The van der Waals surface area contributed by atoms with Crippen molar-refractivity contribution in [2.45, 2.75) is 13.3 Å². The van der Waals surface area contributed by atoms with Gasteiger partial charge in [0.2, 0.25) is 0 Å². The summed E-state index contributed by atoms with van der Waals surface area (Å²) in [5, 5.41) is 11.3. The molecule has 0 fully saturated rings. The molecule has 2 N–H and O–H groups in total. The van der Waals surface area contributed by atoms with Crippen LogP contribution in [0.1, 0.15) is 12.1 Å². The van der Waals surface area contributed by atoms with Gasteiger partial charge in [-0.3, -0.25) is 0 Å². The highest BCUT2D eigenvalue weighted by Crippen LogP contribution is 2.11. The van der Waals surface area contributed by atoms with Gasteiger partial charge in [0.15, 0.2) is 11.6 Å². The van der Waals surface area contributed by atoms with Crippen LogP contribution in [0.4, 0.5) is 10.2 Å². The van der Waals surface area contributed by atoms with Gasteiger partial charge in [0, 0.05) is 13.2 Å². The third-order valence-electron chi connectivity index (χ3n) is 1.96. The lowest BCUT2D eigenvalue weighted by atomic mass is 10.4. The zero-order chi connectivity index (χ0) is 11.8. The average molecular weight is 229 g/mol. The predicted octanol–water partition coefficient (Wildman–Crippen LogP) is 0.735. The fraction of sp³-hybridized carbons (Fsp3) is 0.600. The SMILES string of the molecule is Cc1ncnc(NCCCOCCO)c1F. The number of nitrogens with one attached hydrogen (secondary N) is 1. The summed E-state index contributed by atoms with van der Waals surface area (Å²) in [5.74, 6) is -0.201. The fourth-order valence-corrected chi connectivity index (χ4v) is 1.13. The maximum Gasteiger partial charge on any atom is 0.186 e. The number of ether oxygens (including phenoxy) is 1. The highest BCUT2D eigenvalue weighted by Gasteiger charge is 2.05. The zero-order valence-corrected chi connectivity index (χ0v) is 9.24. The molecule has 0 aliphatic carbocycles. The van der Waals surface area contributed by atoms with Gasteiger partial charge in [-0.2, -0.15) is 0 Å². The van der Waals surface area contributed by atoms with Gasteiger partial charge < -0.3 is 15.2 Å². The lowest BCUT2D eigenvalue weighted by Gasteiger charge is -2.07. The van der Waals surface area contributed by atoms with Gasteiger partial charge in [0.25, 0.3) is 0 Å². The maximum absolute atomic E-state index is 13.4. The second-order valence-corrected chi connectivity index (χ2v) is 3.24. The summed E-state index contributed by atoms with van der Waals surface area (Å²) in [6, 6.07) is 0. The molecule has 0 aromatic carbocycles. The van der Waals surface area contributed by atoms with Gasteiger partial charge >= 0.3 is 0 Å². The van der Waals surface area contributed by atoms with Crippen molar-refractivity contribution in [1.82, 2.24) is 9.97 Å². The van der Waals surface area contributed by atoms with Gasteiger partial charge in [-0.15, -0.1) is 0 Å². The van der Waals surface area contributed by atoms with Crippen molar-refractivity contribution in [3.05, 3.63) is 17.8 Å². The van der Waals surface area contributed by atoms with Crippen molar-refractivity contribution in [2.75, 3.05) is 31.7 Å². The lowest BCUT2D eigenvalue weighted by Crippen LogP contribution is -2.10. The van der Waals surface area contributed by atoms with Crippen molar-refractivity contribution >= 4 is 5.82 Å². The van der Waals surface area contributed by atoms with Crippen LogP contribution in [0, 0.1) is 12.7 Å². The molecular formula is C10H16FN3O2. The molecule has 6 heteroatoms. The molecule has 0 aliphatic rings. The highest BCUT2D eigenvalue weighted by atomic mass is 19.1. The van der Waals surface area contributed by atoms with Crippen molar-refractivity contribution in [3.8, 4) is 0 Å². The molecule has 0 radical (unpaired) electrons. The number of halogens is 1. The Balaban J connectivity index is 2.24. The Morgan fingerprint density at radius 1 is 1.44 bits per heavy atom. The minimum atomic E-state index is -0.418. The van der Waals surface area contributed by atoms with Crippen LogP contribution in [-0.4, -0.2) is 41.4 Å². The molecule has 0 aliphatic heterocycles. The third kappa shape index (κ3) is 4.08. The minimum absolute atomic E-state index is 0.0210. The van der Waals surface area contributed by atoms with Gasteiger partial charge in [-0.25, -0.2) is 14.4 Å². The Morgan fingerprint density at radius 2 is 2.25 bits per heavy atom. The van der Waals surface area contributed by atoms with Crippen molar-refractivity contribution in [3.63, 3.8) is 0 Å². The molecule has 1 aromatic rings. The molecule has 0 saturated carbocycles. The molecule has 0 unspecified atom stereocenters. The van der Waals surface area contributed by atoms with Gasteiger partial charge in [0.05, 0.1) is 18.9 Å². The topological polar surface area (TPSA) is 67.3 Å². The van der Waals surface area contributed by atoms with Crippen LogP contribution in [0.5, 0.6) is 0 Å². The second kappa shape index (κ2) is 7.08. The molecule has 1 heterocycles. The van der Waals surface area contributed by atoms with E-state index in [1.807, 2.05) is 0 Å². The Morgan fingerprint density at radius 3 is 3.00 bits per heavy atom. The van der Waals surface area contributed by atoms with E-state index >= 15 is 0 Å². The van der Waals surface area contributed by atoms with E-state index < -0.39 is 5.82 Å². The Bertz CT molecular complexity index is 323. The number of aromatic nitrogens is 2. The number of anilines is 1. The largest absolute Gasteiger partial charge is 0.394 e. The first-order valence-corrected chi connectivity index (χ1v) is 5.15. The molecule has 0 amide bonds. The maximum atomic E-state index is 13.4. The normalized spacial score (nSPS) is 10.4.